The van der Waals surface area contributed by atoms with E-state index in [9.17, 15) is 20.1 Å². The summed E-state index contributed by atoms with van der Waals surface area (Å²) < 4.78 is 1.23. The Morgan fingerprint density at radius 3 is 2.65 bits per heavy atom. The van der Waals surface area contributed by atoms with Gasteiger partial charge in [0.25, 0.3) is 0 Å². The first-order valence-electron chi connectivity index (χ1n) is 5.39. The van der Waals surface area contributed by atoms with E-state index < -0.39 is 30.0 Å². The van der Waals surface area contributed by atoms with Gasteiger partial charge in [0.1, 0.15) is 18.0 Å². The number of anilines is 1. The van der Waals surface area contributed by atoms with Gasteiger partial charge in [-0.25, -0.2) is 4.79 Å². The van der Waals surface area contributed by atoms with E-state index in [0.717, 1.165) is 0 Å². The van der Waals surface area contributed by atoms with E-state index >= 15 is 0 Å². The van der Waals surface area contributed by atoms with Gasteiger partial charge >= 0.3 is 5.69 Å². The maximum Gasteiger partial charge on any atom is 0.349 e. The maximum absolute atomic E-state index is 11.6. The third-order valence-corrected chi connectivity index (χ3v) is 3.11. The van der Waals surface area contributed by atoms with Crippen LogP contribution in [-0.2, 0) is 0 Å². The Bertz CT molecular complexity index is 461. The number of aliphatic hydroxyl groups is 3. The largest absolute Gasteiger partial charge is 0.390 e. The molecule has 1 aliphatic rings. The molecule has 0 bridgehead atoms. The molecule has 7 heteroatoms. The fourth-order valence-corrected chi connectivity index (χ4v) is 2.12. The standard InChI is InChI=1S/C10H15N3O4/c11-7-3-4-13(10(17)12-7)5-1-2-6(14)9(16)8(5)15/h3-6,8-9,14-16H,1-2H2,(H2,11,12,17). The Labute approximate surface area is 97.1 Å². The first-order valence-corrected chi connectivity index (χ1v) is 5.39. The Morgan fingerprint density at radius 1 is 1.29 bits per heavy atom. The molecule has 94 valence electrons. The van der Waals surface area contributed by atoms with Crippen molar-refractivity contribution in [1.82, 2.24) is 9.55 Å². The van der Waals surface area contributed by atoms with Crippen LogP contribution in [0.25, 0.3) is 0 Å². The molecule has 0 aromatic carbocycles. The Kier molecular flexibility index (Phi) is 3.14. The summed E-state index contributed by atoms with van der Waals surface area (Å²) in [6.45, 7) is 0. The van der Waals surface area contributed by atoms with E-state index in [1.165, 1.54) is 16.8 Å². The van der Waals surface area contributed by atoms with Crippen molar-refractivity contribution in [2.45, 2.75) is 37.2 Å². The number of aromatic nitrogens is 2. The smallest absolute Gasteiger partial charge is 0.349 e. The number of rotatable bonds is 1. The highest BCUT2D eigenvalue weighted by molar-refractivity contribution is 5.23. The summed E-state index contributed by atoms with van der Waals surface area (Å²) in [5, 5.41) is 28.8. The highest BCUT2D eigenvalue weighted by Crippen LogP contribution is 2.28. The zero-order chi connectivity index (χ0) is 12.6. The number of hydrogen-bond donors (Lipinski definition) is 4. The highest BCUT2D eigenvalue weighted by atomic mass is 16.4. The van der Waals surface area contributed by atoms with Gasteiger partial charge in [-0.05, 0) is 18.9 Å². The predicted molar refractivity (Wildman–Crippen MR) is 59.2 cm³/mol. The van der Waals surface area contributed by atoms with Crippen LogP contribution in [0, 0.1) is 0 Å². The highest BCUT2D eigenvalue weighted by Gasteiger charge is 2.37. The molecule has 4 atom stereocenters. The fraction of sp³-hybridized carbons (Fsp3) is 0.600. The van der Waals surface area contributed by atoms with Crippen molar-refractivity contribution < 1.29 is 15.3 Å². The predicted octanol–water partition coefficient (Wildman–Crippen LogP) is -1.76. The number of aliphatic hydroxyl groups excluding tert-OH is 3. The summed E-state index contributed by atoms with van der Waals surface area (Å²) in [4.78, 5) is 15.1. The molecular weight excluding hydrogens is 226 g/mol. The van der Waals surface area contributed by atoms with Crippen molar-refractivity contribution in [2.24, 2.45) is 0 Å². The van der Waals surface area contributed by atoms with Crippen LogP contribution < -0.4 is 11.4 Å². The molecule has 5 N–H and O–H groups in total. The third-order valence-electron chi connectivity index (χ3n) is 3.11. The van der Waals surface area contributed by atoms with E-state index in [2.05, 4.69) is 4.98 Å². The second-order valence-corrected chi connectivity index (χ2v) is 4.24. The molecule has 7 nitrogen and oxygen atoms in total. The summed E-state index contributed by atoms with van der Waals surface area (Å²) in [7, 11) is 0. The summed E-state index contributed by atoms with van der Waals surface area (Å²) in [5.41, 5.74) is 4.79. The van der Waals surface area contributed by atoms with Gasteiger partial charge in [0.05, 0.1) is 12.1 Å². The number of nitrogens with two attached hydrogens (primary N) is 1. The minimum atomic E-state index is -1.25. The molecule has 1 saturated carbocycles. The van der Waals surface area contributed by atoms with Crippen LogP contribution in [0.3, 0.4) is 0 Å². The van der Waals surface area contributed by atoms with Crippen molar-refractivity contribution in [2.75, 3.05) is 5.73 Å². The van der Waals surface area contributed by atoms with Crippen LogP contribution in [0.2, 0.25) is 0 Å². The number of hydrogen-bond acceptors (Lipinski definition) is 6. The lowest BCUT2D eigenvalue weighted by molar-refractivity contribution is -0.106. The average Bonchev–Trinajstić information content (AvgIpc) is 2.28. The topological polar surface area (TPSA) is 122 Å². The zero-order valence-corrected chi connectivity index (χ0v) is 9.10. The molecule has 1 fully saturated rings. The minimum absolute atomic E-state index is 0.108. The quantitative estimate of drug-likeness (QED) is 0.462. The van der Waals surface area contributed by atoms with Crippen molar-refractivity contribution >= 4 is 5.82 Å². The molecular formula is C10H15N3O4. The van der Waals surface area contributed by atoms with E-state index in [1.807, 2.05) is 0 Å². The molecule has 0 amide bonds. The van der Waals surface area contributed by atoms with Crippen LogP contribution >= 0.6 is 0 Å². The minimum Gasteiger partial charge on any atom is -0.390 e. The van der Waals surface area contributed by atoms with Crippen molar-refractivity contribution in [3.05, 3.63) is 22.7 Å². The molecule has 1 aromatic rings. The molecule has 0 saturated heterocycles. The average molecular weight is 241 g/mol. The first kappa shape index (κ1) is 12.0. The van der Waals surface area contributed by atoms with Crippen LogP contribution in [0.15, 0.2) is 17.1 Å². The van der Waals surface area contributed by atoms with Gasteiger partial charge in [-0.1, -0.05) is 0 Å². The van der Waals surface area contributed by atoms with E-state index in [1.54, 1.807) is 0 Å². The number of nitrogen functional groups attached to an aromatic ring is 1. The van der Waals surface area contributed by atoms with Crippen LogP contribution in [-0.4, -0.2) is 43.2 Å². The lowest BCUT2D eigenvalue weighted by atomic mass is 9.87. The van der Waals surface area contributed by atoms with Gasteiger partial charge in [0, 0.05) is 6.20 Å². The molecule has 17 heavy (non-hydrogen) atoms. The summed E-state index contributed by atoms with van der Waals surface area (Å²) >= 11 is 0. The molecule has 1 aliphatic carbocycles. The summed E-state index contributed by atoms with van der Waals surface area (Å²) in [6.07, 6.45) is -1.26. The van der Waals surface area contributed by atoms with Gasteiger partial charge in [0.2, 0.25) is 0 Å². The summed E-state index contributed by atoms with van der Waals surface area (Å²) in [5.74, 6) is 0.108. The normalized spacial score (nSPS) is 33.6. The second-order valence-electron chi connectivity index (χ2n) is 4.24. The molecule has 1 heterocycles. The lowest BCUT2D eigenvalue weighted by Gasteiger charge is -2.35. The first-order chi connectivity index (χ1) is 8.00. The Hall–Kier alpha value is -1.44. The molecule has 4 unspecified atom stereocenters. The summed E-state index contributed by atoms with van der Waals surface area (Å²) in [6, 6.07) is 0.861. The fourth-order valence-electron chi connectivity index (χ4n) is 2.12. The van der Waals surface area contributed by atoms with Gasteiger partial charge < -0.3 is 21.1 Å². The molecule has 2 rings (SSSR count). The lowest BCUT2D eigenvalue weighted by Crippen LogP contribution is -2.49. The Balaban J connectivity index is 2.31. The van der Waals surface area contributed by atoms with E-state index in [0.29, 0.717) is 12.8 Å². The second kappa shape index (κ2) is 4.44. The van der Waals surface area contributed by atoms with Gasteiger partial charge in [-0.3, -0.25) is 4.57 Å². The van der Waals surface area contributed by atoms with Gasteiger partial charge in [-0.2, -0.15) is 4.98 Å². The van der Waals surface area contributed by atoms with Crippen molar-refractivity contribution in [3.8, 4) is 0 Å². The van der Waals surface area contributed by atoms with Crippen molar-refractivity contribution in [3.63, 3.8) is 0 Å². The SMILES string of the molecule is Nc1ccn(C2CCC(O)C(O)C2O)c(=O)n1. The maximum atomic E-state index is 11.6. The third kappa shape index (κ3) is 2.17. The monoisotopic (exact) mass is 241 g/mol. The zero-order valence-electron chi connectivity index (χ0n) is 9.10. The molecule has 1 aromatic heterocycles. The van der Waals surface area contributed by atoms with Gasteiger partial charge in [-0.15, -0.1) is 0 Å². The Morgan fingerprint density at radius 2 is 2.00 bits per heavy atom. The van der Waals surface area contributed by atoms with E-state index in [4.69, 9.17) is 5.73 Å². The number of nitrogens with zero attached hydrogens (tertiary/aromatic N) is 2. The van der Waals surface area contributed by atoms with Gasteiger partial charge in [0.15, 0.2) is 0 Å². The van der Waals surface area contributed by atoms with Crippen LogP contribution in [0.4, 0.5) is 5.82 Å². The van der Waals surface area contributed by atoms with E-state index in [-0.39, 0.29) is 5.82 Å². The van der Waals surface area contributed by atoms with Crippen molar-refractivity contribution in [1.29, 1.82) is 0 Å². The van der Waals surface area contributed by atoms with Crippen LogP contribution in [0.1, 0.15) is 18.9 Å². The molecule has 0 spiro atoms. The molecule has 0 radical (unpaired) electrons. The molecule has 0 aliphatic heterocycles. The van der Waals surface area contributed by atoms with Crippen LogP contribution in [0.5, 0.6) is 0 Å².